The Hall–Kier alpha value is -0.0400. The second kappa shape index (κ2) is 6.66. The Morgan fingerprint density at radius 1 is 1.18 bits per heavy atom. The first-order valence-corrected chi connectivity index (χ1v) is 4.65. The molecule has 0 aliphatic carbocycles. The normalized spacial score (nSPS) is 10.9. The summed E-state index contributed by atoms with van der Waals surface area (Å²) in [5, 5.41) is 3.19. The predicted molar refractivity (Wildman–Crippen MR) is 53.9 cm³/mol. The van der Waals surface area contributed by atoms with Gasteiger partial charge < -0.3 is 5.32 Å². The van der Waals surface area contributed by atoms with Crippen LogP contribution >= 0.6 is 0 Å². The van der Waals surface area contributed by atoms with Crippen LogP contribution in [0.4, 0.5) is 0 Å². The van der Waals surface area contributed by atoms with Crippen LogP contribution < -0.4 is 5.32 Å². The summed E-state index contributed by atoms with van der Waals surface area (Å²) in [7, 11) is 2.00. The average molecular weight is 159 g/mol. The molecular formula is C10H25N. The van der Waals surface area contributed by atoms with E-state index in [1.54, 1.807) is 0 Å². The Kier molecular flexibility index (Phi) is 8.20. The van der Waals surface area contributed by atoms with Crippen molar-refractivity contribution in [1.29, 1.82) is 0 Å². The first kappa shape index (κ1) is 13.5. The van der Waals surface area contributed by atoms with Crippen LogP contribution in [0.3, 0.4) is 0 Å². The summed E-state index contributed by atoms with van der Waals surface area (Å²) in [5.74, 6) is 0.755. The lowest BCUT2D eigenvalue weighted by Crippen LogP contribution is -2.31. The van der Waals surface area contributed by atoms with E-state index in [1.807, 2.05) is 20.9 Å². The van der Waals surface area contributed by atoms with Crippen molar-refractivity contribution >= 4 is 0 Å². The molecule has 0 aliphatic rings. The molecule has 0 radical (unpaired) electrons. The molecular weight excluding hydrogens is 134 g/mol. The van der Waals surface area contributed by atoms with Gasteiger partial charge in [-0.15, -0.1) is 0 Å². The first-order valence-electron chi connectivity index (χ1n) is 4.65. The van der Waals surface area contributed by atoms with Crippen molar-refractivity contribution in [1.82, 2.24) is 5.32 Å². The lowest BCUT2D eigenvalue weighted by Gasteiger charge is -2.28. The molecule has 0 rings (SSSR count). The zero-order valence-corrected chi connectivity index (χ0v) is 9.28. The number of hydrogen-bond donors (Lipinski definition) is 1. The maximum absolute atomic E-state index is 3.19. The predicted octanol–water partition coefficient (Wildman–Crippen LogP) is 2.91. The molecule has 1 N–H and O–H groups in total. The van der Waals surface area contributed by atoms with Crippen LogP contribution in [0.15, 0.2) is 0 Å². The van der Waals surface area contributed by atoms with E-state index in [-0.39, 0.29) is 0 Å². The highest BCUT2D eigenvalue weighted by atomic mass is 14.8. The Labute approximate surface area is 72.6 Å². The van der Waals surface area contributed by atoms with Gasteiger partial charge in [-0.1, -0.05) is 41.5 Å². The molecule has 0 spiro atoms. The zero-order valence-electron chi connectivity index (χ0n) is 9.28. The molecule has 0 heterocycles. The number of hydrogen-bond acceptors (Lipinski definition) is 1. The van der Waals surface area contributed by atoms with Gasteiger partial charge in [0.1, 0.15) is 0 Å². The van der Waals surface area contributed by atoms with Gasteiger partial charge >= 0.3 is 0 Å². The highest BCUT2D eigenvalue weighted by Gasteiger charge is 2.20. The summed E-state index contributed by atoms with van der Waals surface area (Å²) in [6.45, 7) is 14.2. The third kappa shape index (κ3) is 6.36. The molecule has 0 amide bonds. The molecule has 0 aromatic heterocycles. The van der Waals surface area contributed by atoms with E-state index in [1.165, 1.54) is 0 Å². The van der Waals surface area contributed by atoms with Crippen LogP contribution in [0.1, 0.15) is 41.5 Å². The van der Waals surface area contributed by atoms with Crippen LogP contribution in [-0.4, -0.2) is 13.6 Å². The molecule has 0 atom stereocenters. The fourth-order valence-corrected chi connectivity index (χ4v) is 0.660. The summed E-state index contributed by atoms with van der Waals surface area (Å²) in [6.07, 6.45) is 0. The van der Waals surface area contributed by atoms with E-state index in [0.717, 1.165) is 12.5 Å². The largest absolute Gasteiger partial charge is 0.319 e. The molecule has 0 unspecified atom stereocenters. The van der Waals surface area contributed by atoms with Crippen molar-refractivity contribution in [3.05, 3.63) is 0 Å². The lowest BCUT2D eigenvalue weighted by molar-refractivity contribution is 0.244. The molecule has 0 saturated carbocycles. The molecule has 0 saturated heterocycles. The molecule has 0 aromatic carbocycles. The van der Waals surface area contributed by atoms with Gasteiger partial charge in [0.25, 0.3) is 0 Å². The van der Waals surface area contributed by atoms with Gasteiger partial charge in [0.2, 0.25) is 0 Å². The summed E-state index contributed by atoms with van der Waals surface area (Å²) >= 11 is 0. The maximum atomic E-state index is 3.19. The van der Waals surface area contributed by atoms with Gasteiger partial charge in [-0.25, -0.2) is 0 Å². The second-order valence-electron chi connectivity index (χ2n) is 3.67. The van der Waals surface area contributed by atoms with E-state index in [9.17, 15) is 0 Å². The van der Waals surface area contributed by atoms with Gasteiger partial charge in [-0.05, 0) is 18.4 Å². The highest BCUT2D eigenvalue weighted by molar-refractivity contribution is 4.73. The van der Waals surface area contributed by atoms with Crippen LogP contribution in [-0.2, 0) is 0 Å². The Morgan fingerprint density at radius 2 is 1.55 bits per heavy atom. The third-order valence-corrected chi connectivity index (χ3v) is 2.20. The van der Waals surface area contributed by atoms with E-state index in [2.05, 4.69) is 33.0 Å². The molecule has 11 heavy (non-hydrogen) atoms. The van der Waals surface area contributed by atoms with Gasteiger partial charge in [0.15, 0.2) is 0 Å². The molecule has 0 fully saturated rings. The van der Waals surface area contributed by atoms with Gasteiger partial charge in [-0.3, -0.25) is 0 Å². The van der Waals surface area contributed by atoms with Crippen molar-refractivity contribution < 1.29 is 0 Å². The highest BCUT2D eigenvalue weighted by Crippen LogP contribution is 2.24. The molecule has 0 bridgehead atoms. The quantitative estimate of drug-likeness (QED) is 0.667. The molecule has 0 aromatic rings. The monoisotopic (exact) mass is 159 g/mol. The summed E-state index contributed by atoms with van der Waals surface area (Å²) in [6, 6.07) is 0. The van der Waals surface area contributed by atoms with Crippen LogP contribution in [0.25, 0.3) is 0 Å². The summed E-state index contributed by atoms with van der Waals surface area (Å²) < 4.78 is 0. The van der Waals surface area contributed by atoms with Crippen molar-refractivity contribution in [3.63, 3.8) is 0 Å². The minimum Gasteiger partial charge on any atom is -0.319 e. The molecule has 1 nitrogen and oxygen atoms in total. The molecule has 1 heteroatoms. The maximum Gasteiger partial charge on any atom is 0.000196 e. The van der Waals surface area contributed by atoms with Crippen molar-refractivity contribution in [3.8, 4) is 0 Å². The summed E-state index contributed by atoms with van der Waals surface area (Å²) in [4.78, 5) is 0. The van der Waals surface area contributed by atoms with Gasteiger partial charge in [-0.2, -0.15) is 0 Å². The summed E-state index contributed by atoms with van der Waals surface area (Å²) in [5.41, 5.74) is 0.439. The van der Waals surface area contributed by atoms with E-state index in [0.29, 0.717) is 5.41 Å². The minimum atomic E-state index is 0.439. The van der Waals surface area contributed by atoms with Gasteiger partial charge in [0, 0.05) is 6.54 Å². The zero-order chi connectivity index (χ0) is 9.49. The number of nitrogens with one attached hydrogen (secondary N) is 1. The van der Waals surface area contributed by atoms with E-state index >= 15 is 0 Å². The fourth-order valence-electron chi connectivity index (χ4n) is 0.660. The van der Waals surface area contributed by atoms with Crippen LogP contribution in [0.2, 0.25) is 0 Å². The fraction of sp³-hybridized carbons (Fsp3) is 1.00. The van der Waals surface area contributed by atoms with Crippen molar-refractivity contribution in [2.45, 2.75) is 41.5 Å². The second-order valence-corrected chi connectivity index (χ2v) is 3.67. The minimum absolute atomic E-state index is 0.439. The molecule has 70 valence electrons. The van der Waals surface area contributed by atoms with Crippen molar-refractivity contribution in [2.24, 2.45) is 11.3 Å². The van der Waals surface area contributed by atoms with E-state index in [4.69, 9.17) is 0 Å². The van der Waals surface area contributed by atoms with Crippen LogP contribution in [0.5, 0.6) is 0 Å². The third-order valence-electron chi connectivity index (χ3n) is 2.20. The Balaban J connectivity index is 0. The standard InChI is InChI=1S/C8H19N.C2H6/c1-7(2)8(3,4)6-9-5;1-2/h7,9H,6H2,1-5H3;1-2H3. The number of rotatable bonds is 3. The Morgan fingerprint density at radius 3 is 1.64 bits per heavy atom. The molecule has 0 aliphatic heterocycles. The first-order chi connectivity index (χ1) is 5.00. The van der Waals surface area contributed by atoms with Crippen molar-refractivity contribution in [2.75, 3.05) is 13.6 Å². The average Bonchev–Trinajstić information content (AvgIpc) is 1.92. The van der Waals surface area contributed by atoms with Gasteiger partial charge in [0.05, 0.1) is 0 Å². The van der Waals surface area contributed by atoms with E-state index < -0.39 is 0 Å². The smallest absolute Gasteiger partial charge is 0.000196 e. The lowest BCUT2D eigenvalue weighted by atomic mass is 9.81. The Bertz CT molecular complexity index is 74.9. The topological polar surface area (TPSA) is 12.0 Å². The SMILES string of the molecule is CC.CNCC(C)(C)C(C)C. The van der Waals surface area contributed by atoms with Crippen LogP contribution in [0, 0.1) is 11.3 Å².